The van der Waals surface area contributed by atoms with Crippen molar-refractivity contribution in [3.63, 3.8) is 0 Å². The Labute approximate surface area is 188 Å². The lowest BCUT2D eigenvalue weighted by molar-refractivity contribution is -0.527. The van der Waals surface area contributed by atoms with Gasteiger partial charge in [0.2, 0.25) is 0 Å². The van der Waals surface area contributed by atoms with Crippen molar-refractivity contribution < 1.29 is 4.58 Å². The number of aliphatic imine (C=N–C) groups is 1. The first kappa shape index (κ1) is 28.5. The van der Waals surface area contributed by atoms with E-state index in [-0.39, 0.29) is 0 Å². The van der Waals surface area contributed by atoms with Crippen molar-refractivity contribution in [1.29, 1.82) is 0 Å². The van der Waals surface area contributed by atoms with Gasteiger partial charge in [0.25, 0.3) is 0 Å². The van der Waals surface area contributed by atoms with Gasteiger partial charge in [-0.2, -0.15) is 0 Å². The fourth-order valence-corrected chi connectivity index (χ4v) is 3.85. The van der Waals surface area contributed by atoms with Gasteiger partial charge in [-0.15, -0.1) is 0 Å². The van der Waals surface area contributed by atoms with Crippen LogP contribution in [-0.2, 0) is 0 Å². The van der Waals surface area contributed by atoms with Crippen molar-refractivity contribution in [1.82, 2.24) is 20.0 Å². The molecule has 0 aromatic heterocycles. The van der Waals surface area contributed by atoms with Gasteiger partial charge < -0.3 is 9.80 Å². The van der Waals surface area contributed by atoms with Crippen molar-refractivity contribution in [3.05, 3.63) is 0 Å². The second kappa shape index (κ2) is 18.3. The van der Waals surface area contributed by atoms with Gasteiger partial charge >= 0.3 is 5.96 Å². The van der Waals surface area contributed by atoms with E-state index in [4.69, 9.17) is 4.99 Å². The molecule has 0 aliphatic rings. The van der Waals surface area contributed by atoms with Gasteiger partial charge in [-0.05, 0) is 68.2 Å². The number of unbranched alkanes of at least 4 members (excludes halogenated alkanes) is 3. The maximum atomic E-state index is 4.98. The molecule has 178 valence electrons. The van der Waals surface area contributed by atoms with E-state index in [1.165, 1.54) is 37.6 Å². The molecular formula is C24H53N6+. The quantitative estimate of drug-likeness (QED) is 0.187. The normalized spacial score (nSPS) is 10.5. The third-order valence-electron chi connectivity index (χ3n) is 5.84. The number of hydrogen-bond donors (Lipinski definition) is 1. The Morgan fingerprint density at radius 1 is 0.633 bits per heavy atom. The summed E-state index contributed by atoms with van der Waals surface area (Å²) in [6.07, 6.45) is 4.91. The van der Waals surface area contributed by atoms with Gasteiger partial charge in [-0.3, -0.25) is 19.8 Å². The van der Waals surface area contributed by atoms with Gasteiger partial charge in [0.1, 0.15) is 0 Å². The molecule has 0 saturated heterocycles. The highest BCUT2D eigenvalue weighted by Gasteiger charge is 2.17. The molecule has 0 atom stereocenters. The van der Waals surface area contributed by atoms with Crippen molar-refractivity contribution >= 4 is 11.9 Å². The van der Waals surface area contributed by atoms with Crippen molar-refractivity contribution in [2.45, 2.75) is 81.1 Å². The minimum absolute atomic E-state index is 0.937. The Morgan fingerprint density at radius 2 is 1.10 bits per heavy atom. The molecule has 0 aliphatic heterocycles. The maximum absolute atomic E-state index is 4.98. The van der Waals surface area contributed by atoms with E-state index < -0.39 is 0 Å². The van der Waals surface area contributed by atoms with Crippen LogP contribution in [-0.4, -0.2) is 96.6 Å². The van der Waals surface area contributed by atoms with Crippen LogP contribution < -0.4 is 5.32 Å². The summed E-state index contributed by atoms with van der Waals surface area (Å²) >= 11 is 0. The molecule has 30 heavy (non-hydrogen) atoms. The number of nitrogens with zero attached hydrogens (tertiary/aromatic N) is 5. The van der Waals surface area contributed by atoms with Crippen LogP contribution in [0.4, 0.5) is 0 Å². The first-order valence-corrected chi connectivity index (χ1v) is 12.7. The van der Waals surface area contributed by atoms with Crippen LogP contribution in [0.2, 0.25) is 0 Å². The summed E-state index contributed by atoms with van der Waals surface area (Å²) < 4.78 is 2.43. The van der Waals surface area contributed by atoms with Gasteiger partial charge in [-0.1, -0.05) is 12.8 Å². The molecule has 0 fully saturated rings. The largest absolute Gasteiger partial charge is 0.348 e. The van der Waals surface area contributed by atoms with E-state index >= 15 is 0 Å². The fraction of sp³-hybridized carbons (Fsp3) is 0.917. The van der Waals surface area contributed by atoms with E-state index in [9.17, 15) is 0 Å². The lowest BCUT2D eigenvalue weighted by atomic mass is 10.2. The molecule has 0 unspecified atom stereocenters. The lowest BCUT2D eigenvalue weighted by Gasteiger charge is -2.32. The Balaban J connectivity index is 4.51. The molecule has 0 saturated carbocycles. The van der Waals surface area contributed by atoms with Gasteiger partial charge in [0.15, 0.2) is 5.96 Å². The highest BCUT2D eigenvalue weighted by atomic mass is 15.4. The summed E-state index contributed by atoms with van der Waals surface area (Å²) in [6, 6.07) is 0. The molecule has 0 spiro atoms. The summed E-state index contributed by atoms with van der Waals surface area (Å²) in [5.41, 5.74) is 0. The molecule has 0 heterocycles. The number of nitrogens with one attached hydrogen (secondary N) is 1. The highest BCUT2D eigenvalue weighted by molar-refractivity contribution is 5.80. The molecule has 6 heteroatoms. The average Bonchev–Trinajstić information content (AvgIpc) is 2.77. The van der Waals surface area contributed by atoms with Gasteiger partial charge in [0.05, 0.1) is 32.7 Å². The predicted molar refractivity (Wildman–Crippen MR) is 134 cm³/mol. The minimum atomic E-state index is 0.937. The van der Waals surface area contributed by atoms with E-state index in [1.807, 2.05) is 0 Å². The topological polar surface area (TPSA) is 37.1 Å². The van der Waals surface area contributed by atoms with Crippen molar-refractivity contribution in [2.75, 3.05) is 65.4 Å². The molecule has 0 rings (SSSR count). The van der Waals surface area contributed by atoms with E-state index in [2.05, 4.69) is 80.0 Å². The van der Waals surface area contributed by atoms with Crippen LogP contribution in [0, 0.1) is 0 Å². The standard InChI is InChI=1S/C24H52N6/c1-9-27(10-2)23(28(11-3)12-4)25-21-19-17-18-20-22-26-24(29(13-5)14-6)30(15-7)16-8/h9-22H2,1-8H3/p+1. The van der Waals surface area contributed by atoms with Crippen LogP contribution in [0.25, 0.3) is 0 Å². The third-order valence-corrected chi connectivity index (χ3v) is 5.84. The molecule has 0 bridgehead atoms. The molecule has 0 radical (unpaired) electrons. The molecule has 1 N–H and O–H groups in total. The third kappa shape index (κ3) is 10.0. The average molecular weight is 426 g/mol. The zero-order valence-electron chi connectivity index (χ0n) is 21.6. The summed E-state index contributed by atoms with van der Waals surface area (Å²) in [5, 5.41) is 3.72. The summed E-state index contributed by atoms with van der Waals surface area (Å²) in [7, 11) is 0. The highest BCUT2D eigenvalue weighted by Crippen LogP contribution is 2.04. The smallest absolute Gasteiger partial charge is 0.343 e. The second-order valence-corrected chi connectivity index (χ2v) is 7.54. The van der Waals surface area contributed by atoms with E-state index in [1.54, 1.807) is 0 Å². The van der Waals surface area contributed by atoms with E-state index in [0.717, 1.165) is 65.4 Å². The van der Waals surface area contributed by atoms with Crippen molar-refractivity contribution in [3.8, 4) is 0 Å². The number of hydrogen-bond acceptors (Lipinski definition) is 1. The lowest BCUT2D eigenvalue weighted by Crippen LogP contribution is -2.47. The summed E-state index contributed by atoms with van der Waals surface area (Å²) in [6.45, 7) is 28.1. The Kier molecular flexibility index (Phi) is 17.4. The Morgan fingerprint density at radius 3 is 1.53 bits per heavy atom. The van der Waals surface area contributed by atoms with Crippen LogP contribution in [0.5, 0.6) is 0 Å². The molecule has 0 amide bonds. The van der Waals surface area contributed by atoms with Crippen molar-refractivity contribution in [2.24, 2.45) is 4.99 Å². The van der Waals surface area contributed by atoms with Crippen LogP contribution in [0.1, 0.15) is 81.1 Å². The Hall–Kier alpha value is -1.46. The fourth-order valence-electron chi connectivity index (χ4n) is 3.85. The predicted octanol–water partition coefficient (Wildman–Crippen LogP) is 3.93. The second-order valence-electron chi connectivity index (χ2n) is 7.54. The summed E-state index contributed by atoms with van der Waals surface area (Å²) in [5.74, 6) is 2.49. The maximum Gasteiger partial charge on any atom is 0.348 e. The van der Waals surface area contributed by atoms with Crippen LogP contribution in [0.3, 0.4) is 0 Å². The molecule has 0 aromatic rings. The number of rotatable bonds is 15. The first-order chi connectivity index (χ1) is 14.6. The Bertz CT molecular complexity index is 442. The zero-order chi connectivity index (χ0) is 22.8. The monoisotopic (exact) mass is 425 g/mol. The van der Waals surface area contributed by atoms with Crippen LogP contribution >= 0.6 is 0 Å². The molecule has 0 aromatic carbocycles. The SMILES string of the molecule is CCN(CC)C(=NCCCCCCNC(N(CC)CC)=[N+](CC)CC)N(CC)CC. The first-order valence-electron chi connectivity index (χ1n) is 12.7. The zero-order valence-corrected chi connectivity index (χ0v) is 21.6. The molecular weight excluding hydrogens is 372 g/mol. The molecule has 0 aliphatic carbocycles. The molecule has 6 nitrogen and oxygen atoms in total. The van der Waals surface area contributed by atoms with Gasteiger partial charge in [0, 0.05) is 32.7 Å². The van der Waals surface area contributed by atoms with Gasteiger partial charge in [-0.25, -0.2) is 0 Å². The summed E-state index contributed by atoms with van der Waals surface area (Å²) in [4.78, 5) is 12.2. The van der Waals surface area contributed by atoms with Crippen LogP contribution in [0.15, 0.2) is 4.99 Å². The van der Waals surface area contributed by atoms with E-state index in [0.29, 0.717) is 0 Å². The minimum Gasteiger partial charge on any atom is -0.343 e. The number of guanidine groups is 2.